The third-order valence-electron chi connectivity index (χ3n) is 3.49. The fourth-order valence-electron chi connectivity index (χ4n) is 1.89. The van der Waals surface area contributed by atoms with E-state index in [4.69, 9.17) is 0 Å². The summed E-state index contributed by atoms with van der Waals surface area (Å²) in [5.74, 6) is -1.41. The second-order valence-electron chi connectivity index (χ2n) is 5.77. The van der Waals surface area contributed by atoms with Crippen LogP contribution >= 0.6 is 0 Å². The minimum absolute atomic E-state index is 0.0129. The molecule has 1 aromatic carbocycles. The van der Waals surface area contributed by atoms with E-state index in [0.29, 0.717) is 18.1 Å². The lowest BCUT2D eigenvalue weighted by Crippen LogP contribution is -2.40. The SMILES string of the molecule is CCCCNC(=NCC(=O)N(C)C)NC(C)c1ccc(F)c(F)c1. The molecule has 7 heteroatoms. The van der Waals surface area contributed by atoms with Gasteiger partial charge in [0.1, 0.15) is 6.54 Å². The third kappa shape index (κ3) is 6.52. The molecule has 0 aliphatic heterocycles. The zero-order valence-electron chi connectivity index (χ0n) is 14.7. The summed E-state index contributed by atoms with van der Waals surface area (Å²) in [6, 6.07) is 3.48. The predicted molar refractivity (Wildman–Crippen MR) is 91.8 cm³/mol. The monoisotopic (exact) mass is 340 g/mol. The summed E-state index contributed by atoms with van der Waals surface area (Å²) in [5, 5.41) is 6.25. The number of aliphatic imine (C=N–C) groups is 1. The Morgan fingerprint density at radius 3 is 2.58 bits per heavy atom. The molecule has 5 nitrogen and oxygen atoms in total. The standard InChI is InChI=1S/C17H26F2N4O/c1-5-6-9-20-17(21-11-16(24)23(3)4)22-12(2)13-7-8-14(18)15(19)10-13/h7-8,10,12H,5-6,9,11H2,1-4H3,(H2,20,21,22). The van der Waals surface area contributed by atoms with Gasteiger partial charge in [-0.25, -0.2) is 13.8 Å². The number of unbranched alkanes of at least 4 members (excludes halogenated alkanes) is 1. The molecule has 24 heavy (non-hydrogen) atoms. The van der Waals surface area contributed by atoms with Crippen LogP contribution in [0.2, 0.25) is 0 Å². The summed E-state index contributed by atoms with van der Waals surface area (Å²) in [6.07, 6.45) is 1.98. The topological polar surface area (TPSA) is 56.7 Å². The molecular weight excluding hydrogens is 314 g/mol. The first-order valence-corrected chi connectivity index (χ1v) is 8.05. The molecule has 1 amide bonds. The zero-order chi connectivity index (χ0) is 18.1. The molecule has 0 aromatic heterocycles. The molecule has 0 radical (unpaired) electrons. The van der Waals surface area contributed by atoms with Crippen LogP contribution in [-0.4, -0.2) is 44.0 Å². The van der Waals surface area contributed by atoms with Gasteiger partial charge in [0.05, 0.1) is 6.04 Å². The Balaban J connectivity index is 2.79. The van der Waals surface area contributed by atoms with Crippen LogP contribution in [0.4, 0.5) is 8.78 Å². The average Bonchev–Trinajstić information content (AvgIpc) is 2.54. The molecular formula is C17H26F2N4O. The minimum atomic E-state index is -0.888. The van der Waals surface area contributed by atoms with Crippen molar-refractivity contribution in [1.29, 1.82) is 0 Å². The van der Waals surface area contributed by atoms with Crippen molar-refractivity contribution in [2.24, 2.45) is 4.99 Å². The first-order chi connectivity index (χ1) is 11.3. The lowest BCUT2D eigenvalue weighted by molar-refractivity contribution is -0.127. The van der Waals surface area contributed by atoms with Gasteiger partial charge < -0.3 is 15.5 Å². The van der Waals surface area contributed by atoms with Gasteiger partial charge in [-0.15, -0.1) is 0 Å². The molecule has 2 N–H and O–H groups in total. The molecule has 0 aliphatic carbocycles. The first-order valence-electron chi connectivity index (χ1n) is 8.05. The fraction of sp³-hybridized carbons (Fsp3) is 0.529. The van der Waals surface area contributed by atoms with E-state index in [9.17, 15) is 13.6 Å². The maximum Gasteiger partial charge on any atom is 0.243 e. The largest absolute Gasteiger partial charge is 0.356 e. The molecule has 1 unspecified atom stereocenters. The van der Waals surface area contributed by atoms with Gasteiger partial charge in [0, 0.05) is 20.6 Å². The number of guanidine groups is 1. The van der Waals surface area contributed by atoms with Crippen LogP contribution in [0.5, 0.6) is 0 Å². The minimum Gasteiger partial charge on any atom is -0.356 e. The number of carbonyl (C=O) groups is 1. The molecule has 0 bridgehead atoms. The number of amides is 1. The lowest BCUT2D eigenvalue weighted by atomic mass is 10.1. The van der Waals surface area contributed by atoms with E-state index < -0.39 is 11.6 Å². The normalized spacial score (nSPS) is 12.7. The van der Waals surface area contributed by atoms with Gasteiger partial charge in [-0.2, -0.15) is 0 Å². The van der Waals surface area contributed by atoms with Crippen LogP contribution in [0.1, 0.15) is 38.3 Å². The molecule has 1 atom stereocenters. The average molecular weight is 340 g/mol. The first kappa shape index (κ1) is 19.9. The third-order valence-corrected chi connectivity index (χ3v) is 3.49. The molecule has 0 spiro atoms. The highest BCUT2D eigenvalue weighted by Crippen LogP contribution is 2.15. The number of hydrogen-bond donors (Lipinski definition) is 2. The van der Waals surface area contributed by atoms with E-state index in [1.165, 1.54) is 11.0 Å². The Hall–Kier alpha value is -2.18. The van der Waals surface area contributed by atoms with Crippen molar-refractivity contribution in [3.05, 3.63) is 35.4 Å². The summed E-state index contributed by atoms with van der Waals surface area (Å²) in [4.78, 5) is 17.4. The molecule has 0 saturated carbocycles. The Morgan fingerprint density at radius 1 is 1.29 bits per heavy atom. The van der Waals surface area contributed by atoms with Crippen molar-refractivity contribution >= 4 is 11.9 Å². The summed E-state index contributed by atoms with van der Waals surface area (Å²) < 4.78 is 26.4. The van der Waals surface area contributed by atoms with Crippen LogP contribution in [0.15, 0.2) is 23.2 Å². The number of nitrogens with zero attached hydrogens (tertiary/aromatic N) is 2. The van der Waals surface area contributed by atoms with Crippen LogP contribution in [0.25, 0.3) is 0 Å². The van der Waals surface area contributed by atoms with Crippen molar-refractivity contribution in [3.8, 4) is 0 Å². The Kier molecular flexibility index (Phi) is 8.15. The van der Waals surface area contributed by atoms with Crippen molar-refractivity contribution in [3.63, 3.8) is 0 Å². The van der Waals surface area contributed by atoms with E-state index >= 15 is 0 Å². The van der Waals surface area contributed by atoms with E-state index in [2.05, 4.69) is 22.5 Å². The summed E-state index contributed by atoms with van der Waals surface area (Å²) >= 11 is 0. The second-order valence-corrected chi connectivity index (χ2v) is 5.77. The van der Waals surface area contributed by atoms with Gasteiger partial charge >= 0.3 is 0 Å². The molecule has 1 rings (SSSR count). The fourth-order valence-corrected chi connectivity index (χ4v) is 1.89. The molecule has 0 aliphatic rings. The van der Waals surface area contributed by atoms with Crippen molar-refractivity contribution < 1.29 is 13.6 Å². The second kappa shape index (κ2) is 9.85. The molecule has 0 saturated heterocycles. The molecule has 1 aromatic rings. The lowest BCUT2D eigenvalue weighted by Gasteiger charge is -2.19. The number of hydrogen-bond acceptors (Lipinski definition) is 2. The van der Waals surface area contributed by atoms with Crippen LogP contribution < -0.4 is 10.6 Å². The van der Waals surface area contributed by atoms with E-state index in [1.54, 1.807) is 14.1 Å². The van der Waals surface area contributed by atoms with Crippen molar-refractivity contribution in [2.45, 2.75) is 32.7 Å². The number of rotatable bonds is 7. The van der Waals surface area contributed by atoms with E-state index in [1.807, 2.05) is 6.92 Å². The Bertz CT molecular complexity index is 576. The van der Waals surface area contributed by atoms with Crippen molar-refractivity contribution in [2.75, 3.05) is 27.2 Å². The van der Waals surface area contributed by atoms with Crippen LogP contribution in [0, 0.1) is 11.6 Å². The maximum atomic E-state index is 13.4. The number of carbonyl (C=O) groups excluding carboxylic acids is 1. The number of likely N-dealkylation sites (N-methyl/N-ethyl adjacent to an activating group) is 1. The van der Waals surface area contributed by atoms with Gasteiger partial charge in [0.25, 0.3) is 0 Å². The highest BCUT2D eigenvalue weighted by Gasteiger charge is 2.12. The Morgan fingerprint density at radius 2 is 2.00 bits per heavy atom. The molecule has 134 valence electrons. The van der Waals surface area contributed by atoms with Crippen LogP contribution in [-0.2, 0) is 4.79 Å². The number of halogens is 2. The van der Waals surface area contributed by atoms with E-state index in [-0.39, 0.29) is 18.5 Å². The van der Waals surface area contributed by atoms with Gasteiger partial charge in [0.15, 0.2) is 17.6 Å². The summed E-state index contributed by atoms with van der Waals surface area (Å²) in [6.45, 7) is 4.62. The highest BCUT2D eigenvalue weighted by molar-refractivity contribution is 5.85. The number of benzene rings is 1. The van der Waals surface area contributed by atoms with Gasteiger partial charge in [-0.3, -0.25) is 4.79 Å². The zero-order valence-corrected chi connectivity index (χ0v) is 14.7. The summed E-state index contributed by atoms with van der Waals surface area (Å²) in [5.41, 5.74) is 0.595. The predicted octanol–water partition coefficient (Wildman–Crippen LogP) is 2.45. The highest BCUT2D eigenvalue weighted by atomic mass is 19.2. The van der Waals surface area contributed by atoms with Crippen LogP contribution in [0.3, 0.4) is 0 Å². The van der Waals surface area contributed by atoms with Gasteiger partial charge in [-0.1, -0.05) is 19.4 Å². The maximum absolute atomic E-state index is 13.4. The van der Waals surface area contributed by atoms with E-state index in [0.717, 1.165) is 25.0 Å². The summed E-state index contributed by atoms with van der Waals surface area (Å²) in [7, 11) is 3.33. The van der Waals surface area contributed by atoms with Gasteiger partial charge in [0.2, 0.25) is 5.91 Å². The quantitative estimate of drug-likeness (QED) is 0.455. The molecule has 0 heterocycles. The van der Waals surface area contributed by atoms with Gasteiger partial charge in [-0.05, 0) is 31.0 Å². The van der Waals surface area contributed by atoms with Crippen molar-refractivity contribution in [1.82, 2.24) is 15.5 Å². The Labute approximate surface area is 142 Å². The number of nitrogens with one attached hydrogen (secondary N) is 2. The smallest absolute Gasteiger partial charge is 0.243 e. The molecule has 0 fully saturated rings.